The standard InChI is InChI=1S/C27H31F3O/c1-2-3-4-18-5-6-23-16-22(12-11-21(23)15-18)19-7-9-20(10-8-19)24-13-14-26(25(28)17-24)31-27(29)30/h2,7-10,13-14,17-18,21-23,27H,1,3-6,11-12,15-16H2. The van der Waals surface area contributed by atoms with Crippen LogP contribution in [-0.4, -0.2) is 6.61 Å². The van der Waals surface area contributed by atoms with Gasteiger partial charge in [0.2, 0.25) is 0 Å². The number of alkyl halides is 2. The number of ether oxygens (including phenoxy) is 1. The van der Waals surface area contributed by atoms with Crippen molar-refractivity contribution in [2.75, 3.05) is 0 Å². The Balaban J connectivity index is 1.38. The highest BCUT2D eigenvalue weighted by Crippen LogP contribution is 2.48. The smallest absolute Gasteiger partial charge is 0.387 e. The Morgan fingerprint density at radius 3 is 2.35 bits per heavy atom. The Bertz CT molecular complexity index is 877. The van der Waals surface area contributed by atoms with Gasteiger partial charge in [-0.2, -0.15) is 8.78 Å². The Morgan fingerprint density at radius 1 is 0.935 bits per heavy atom. The van der Waals surface area contributed by atoms with Crippen LogP contribution in [0.5, 0.6) is 5.75 Å². The van der Waals surface area contributed by atoms with E-state index in [-0.39, 0.29) is 0 Å². The fraction of sp³-hybridized carbons (Fsp3) is 0.481. The van der Waals surface area contributed by atoms with Gasteiger partial charge in [-0.05, 0) is 97.4 Å². The summed E-state index contributed by atoms with van der Waals surface area (Å²) in [7, 11) is 0. The van der Waals surface area contributed by atoms with Crippen molar-refractivity contribution in [1.29, 1.82) is 0 Å². The molecule has 2 aliphatic rings. The van der Waals surface area contributed by atoms with E-state index in [0.717, 1.165) is 29.7 Å². The van der Waals surface area contributed by atoms with Gasteiger partial charge < -0.3 is 4.74 Å². The molecule has 1 nitrogen and oxygen atoms in total. The van der Waals surface area contributed by atoms with Gasteiger partial charge in [0.25, 0.3) is 0 Å². The van der Waals surface area contributed by atoms with Crippen molar-refractivity contribution in [3.63, 3.8) is 0 Å². The van der Waals surface area contributed by atoms with Crippen molar-refractivity contribution in [3.8, 4) is 16.9 Å². The van der Waals surface area contributed by atoms with Crippen molar-refractivity contribution in [2.24, 2.45) is 17.8 Å². The normalized spacial score (nSPS) is 25.8. The largest absolute Gasteiger partial charge is 0.432 e. The molecule has 4 rings (SSSR count). The fourth-order valence-electron chi connectivity index (χ4n) is 5.72. The van der Waals surface area contributed by atoms with E-state index < -0.39 is 18.2 Å². The third kappa shape index (κ3) is 5.34. The van der Waals surface area contributed by atoms with Gasteiger partial charge in [0.15, 0.2) is 11.6 Å². The van der Waals surface area contributed by atoms with Crippen LogP contribution in [0.25, 0.3) is 11.1 Å². The molecular formula is C27H31F3O. The summed E-state index contributed by atoms with van der Waals surface area (Å²) < 4.78 is 42.9. The van der Waals surface area contributed by atoms with Gasteiger partial charge >= 0.3 is 6.61 Å². The molecule has 0 amide bonds. The molecule has 2 aromatic rings. The summed E-state index contributed by atoms with van der Waals surface area (Å²) in [6, 6.07) is 12.5. The second-order valence-corrected chi connectivity index (χ2v) is 9.22. The van der Waals surface area contributed by atoms with Crippen LogP contribution < -0.4 is 4.74 Å². The molecule has 4 heteroatoms. The Morgan fingerprint density at radius 2 is 1.65 bits per heavy atom. The Labute approximate surface area is 183 Å². The highest BCUT2D eigenvalue weighted by molar-refractivity contribution is 5.64. The molecule has 31 heavy (non-hydrogen) atoms. The molecule has 2 aliphatic carbocycles. The number of rotatable bonds is 7. The van der Waals surface area contributed by atoms with Crippen molar-refractivity contribution in [1.82, 2.24) is 0 Å². The molecule has 0 spiro atoms. The molecule has 0 radical (unpaired) electrons. The van der Waals surface area contributed by atoms with Crippen LogP contribution in [0.4, 0.5) is 13.2 Å². The molecule has 2 aromatic carbocycles. The molecule has 0 bridgehead atoms. The number of allylic oxidation sites excluding steroid dienone is 1. The van der Waals surface area contributed by atoms with Gasteiger partial charge in [-0.1, -0.05) is 42.8 Å². The number of halogens is 3. The van der Waals surface area contributed by atoms with Crippen molar-refractivity contribution in [2.45, 2.75) is 63.9 Å². The summed E-state index contributed by atoms with van der Waals surface area (Å²) in [4.78, 5) is 0. The quantitative estimate of drug-likeness (QED) is 0.403. The topological polar surface area (TPSA) is 9.23 Å². The molecular weight excluding hydrogens is 397 g/mol. The molecule has 166 valence electrons. The van der Waals surface area contributed by atoms with Gasteiger partial charge in [-0.25, -0.2) is 4.39 Å². The maximum atomic E-state index is 14.1. The van der Waals surface area contributed by atoms with Crippen molar-refractivity contribution in [3.05, 3.63) is 66.5 Å². The van der Waals surface area contributed by atoms with Gasteiger partial charge in [-0.15, -0.1) is 6.58 Å². The summed E-state index contributed by atoms with van der Waals surface area (Å²) in [5.74, 6) is 2.01. The first kappa shape index (κ1) is 22.0. The van der Waals surface area contributed by atoms with E-state index in [1.165, 1.54) is 62.6 Å². The van der Waals surface area contributed by atoms with Gasteiger partial charge in [0, 0.05) is 0 Å². The second-order valence-electron chi connectivity index (χ2n) is 9.22. The lowest BCUT2D eigenvalue weighted by molar-refractivity contribution is -0.0521. The molecule has 0 aliphatic heterocycles. The first-order valence-electron chi connectivity index (χ1n) is 11.5. The van der Waals surface area contributed by atoms with E-state index in [9.17, 15) is 13.2 Å². The lowest BCUT2D eigenvalue weighted by Gasteiger charge is -2.42. The van der Waals surface area contributed by atoms with E-state index in [4.69, 9.17) is 0 Å². The minimum Gasteiger partial charge on any atom is -0.432 e. The van der Waals surface area contributed by atoms with E-state index in [1.54, 1.807) is 6.07 Å². The summed E-state index contributed by atoms with van der Waals surface area (Å²) in [5.41, 5.74) is 2.89. The third-order valence-corrected chi connectivity index (χ3v) is 7.36. The minimum atomic E-state index is -3.03. The van der Waals surface area contributed by atoms with Gasteiger partial charge in [0.05, 0.1) is 0 Å². The SMILES string of the molecule is C=CCCC1CCC2CC(c3ccc(-c4ccc(OC(F)F)c(F)c4)cc3)CCC2C1. The van der Waals surface area contributed by atoms with Crippen LogP contribution in [0.2, 0.25) is 0 Å². The van der Waals surface area contributed by atoms with Gasteiger partial charge in [0.1, 0.15) is 0 Å². The monoisotopic (exact) mass is 428 g/mol. The molecule has 2 saturated carbocycles. The Kier molecular flexibility index (Phi) is 7.04. The average Bonchev–Trinajstić information content (AvgIpc) is 2.78. The summed E-state index contributed by atoms with van der Waals surface area (Å²) >= 11 is 0. The predicted molar refractivity (Wildman–Crippen MR) is 119 cm³/mol. The van der Waals surface area contributed by atoms with E-state index in [1.807, 2.05) is 18.2 Å². The van der Waals surface area contributed by atoms with E-state index >= 15 is 0 Å². The van der Waals surface area contributed by atoms with Crippen molar-refractivity contribution >= 4 is 0 Å². The maximum Gasteiger partial charge on any atom is 0.387 e. The predicted octanol–water partition coefficient (Wildman–Crippen LogP) is 8.36. The van der Waals surface area contributed by atoms with Crippen LogP contribution in [0.15, 0.2) is 55.1 Å². The minimum absolute atomic E-state index is 0.425. The third-order valence-electron chi connectivity index (χ3n) is 7.36. The van der Waals surface area contributed by atoms with Crippen LogP contribution in [0, 0.1) is 23.6 Å². The highest BCUT2D eigenvalue weighted by Gasteiger charge is 2.35. The summed E-state index contributed by atoms with van der Waals surface area (Å²) in [5, 5.41) is 0. The number of hydrogen-bond donors (Lipinski definition) is 0. The molecule has 4 atom stereocenters. The zero-order chi connectivity index (χ0) is 21.8. The van der Waals surface area contributed by atoms with Crippen LogP contribution in [0.3, 0.4) is 0 Å². The van der Waals surface area contributed by atoms with E-state index in [2.05, 4.69) is 23.4 Å². The zero-order valence-corrected chi connectivity index (χ0v) is 17.9. The van der Waals surface area contributed by atoms with Crippen LogP contribution in [0.1, 0.15) is 62.8 Å². The Hall–Kier alpha value is -2.23. The lowest BCUT2D eigenvalue weighted by Crippen LogP contribution is -2.30. The zero-order valence-electron chi connectivity index (χ0n) is 17.9. The first-order valence-corrected chi connectivity index (χ1v) is 11.5. The molecule has 0 N–H and O–H groups in total. The molecule has 2 fully saturated rings. The number of hydrogen-bond acceptors (Lipinski definition) is 1. The molecule has 0 heterocycles. The molecule has 0 saturated heterocycles. The van der Waals surface area contributed by atoms with E-state index in [0.29, 0.717) is 11.5 Å². The van der Waals surface area contributed by atoms with Gasteiger partial charge in [-0.3, -0.25) is 0 Å². The second kappa shape index (κ2) is 9.93. The summed E-state index contributed by atoms with van der Waals surface area (Å²) in [6.07, 6.45) is 12.4. The number of fused-ring (bicyclic) bond motifs is 1. The van der Waals surface area contributed by atoms with Crippen LogP contribution >= 0.6 is 0 Å². The fourth-order valence-corrected chi connectivity index (χ4v) is 5.72. The van der Waals surface area contributed by atoms with Crippen molar-refractivity contribution < 1.29 is 17.9 Å². The van der Waals surface area contributed by atoms with Crippen LogP contribution in [-0.2, 0) is 0 Å². The molecule has 4 unspecified atom stereocenters. The first-order chi connectivity index (χ1) is 15.0. The highest BCUT2D eigenvalue weighted by atomic mass is 19.3. The lowest BCUT2D eigenvalue weighted by atomic mass is 9.63. The summed E-state index contributed by atoms with van der Waals surface area (Å²) in [6.45, 7) is 0.832. The average molecular weight is 429 g/mol. The number of benzene rings is 2. The molecule has 0 aromatic heterocycles. The maximum absolute atomic E-state index is 14.1.